The molecule has 0 spiro atoms. The average molecular weight is 288 g/mol. The smallest absolute Gasteiger partial charge is 0.228 e. The third-order valence-corrected chi connectivity index (χ3v) is 3.80. The van der Waals surface area contributed by atoms with E-state index in [4.69, 9.17) is 9.47 Å². The van der Waals surface area contributed by atoms with Crippen LogP contribution in [0.1, 0.15) is 24.8 Å². The molecule has 1 aliphatic carbocycles. The molecule has 1 saturated carbocycles. The third-order valence-electron chi connectivity index (χ3n) is 3.80. The average Bonchev–Trinajstić information content (AvgIpc) is 3.33. The van der Waals surface area contributed by atoms with Crippen LogP contribution in [0.25, 0.3) is 5.57 Å². The topological polar surface area (TPSA) is 60.5 Å². The van der Waals surface area contributed by atoms with Crippen LogP contribution in [0.15, 0.2) is 24.4 Å². The maximum absolute atomic E-state index is 11.7. The Hall–Kier alpha value is -1.72. The Kier molecular flexibility index (Phi) is 4.31. The fourth-order valence-electron chi connectivity index (χ4n) is 2.43. The molecule has 0 radical (unpaired) electrons. The number of pyridine rings is 1. The fraction of sp³-hybridized carbons (Fsp3) is 0.500. The standard InChI is InChI=1S/C16H20N2O3/c1-20-10-14-8-12(6-7-21-14)13-4-5-15(17-9-13)18-16(19)11-2-3-11/h4-6,9,11,14H,2-3,7-8,10H2,1H3,(H,17,18,19). The molecule has 1 aromatic rings. The van der Waals surface area contributed by atoms with Gasteiger partial charge in [-0.3, -0.25) is 4.79 Å². The summed E-state index contributed by atoms with van der Waals surface area (Å²) in [5.41, 5.74) is 2.29. The van der Waals surface area contributed by atoms with Gasteiger partial charge in [0.25, 0.3) is 0 Å². The zero-order valence-corrected chi connectivity index (χ0v) is 12.2. The molecule has 21 heavy (non-hydrogen) atoms. The summed E-state index contributed by atoms with van der Waals surface area (Å²) in [5.74, 6) is 0.900. The first-order valence-electron chi connectivity index (χ1n) is 7.33. The predicted molar refractivity (Wildman–Crippen MR) is 79.8 cm³/mol. The summed E-state index contributed by atoms with van der Waals surface area (Å²) < 4.78 is 10.7. The van der Waals surface area contributed by atoms with E-state index in [1.807, 2.05) is 18.3 Å². The highest BCUT2D eigenvalue weighted by Crippen LogP contribution is 2.30. The number of ether oxygens (including phenoxy) is 2. The van der Waals surface area contributed by atoms with Gasteiger partial charge >= 0.3 is 0 Å². The van der Waals surface area contributed by atoms with Crippen LogP contribution in [0.4, 0.5) is 5.82 Å². The number of nitrogens with zero attached hydrogens (tertiary/aromatic N) is 1. The van der Waals surface area contributed by atoms with Crippen LogP contribution in [0, 0.1) is 5.92 Å². The quantitative estimate of drug-likeness (QED) is 0.902. The molecule has 2 heterocycles. The molecule has 0 aromatic carbocycles. The van der Waals surface area contributed by atoms with Gasteiger partial charge < -0.3 is 14.8 Å². The van der Waals surface area contributed by atoms with Gasteiger partial charge in [0.05, 0.1) is 19.3 Å². The van der Waals surface area contributed by atoms with Crippen LogP contribution < -0.4 is 5.32 Å². The van der Waals surface area contributed by atoms with Crippen molar-refractivity contribution in [3.8, 4) is 0 Å². The predicted octanol–water partition coefficient (Wildman–Crippen LogP) is 2.25. The Morgan fingerprint density at radius 2 is 2.33 bits per heavy atom. The highest BCUT2D eigenvalue weighted by Gasteiger charge is 2.29. The van der Waals surface area contributed by atoms with E-state index in [-0.39, 0.29) is 17.9 Å². The number of anilines is 1. The van der Waals surface area contributed by atoms with E-state index in [0.717, 1.165) is 24.8 Å². The zero-order valence-electron chi connectivity index (χ0n) is 12.2. The van der Waals surface area contributed by atoms with Crippen molar-refractivity contribution in [2.24, 2.45) is 5.92 Å². The first-order chi connectivity index (χ1) is 10.3. The number of nitrogens with one attached hydrogen (secondary N) is 1. The van der Waals surface area contributed by atoms with Gasteiger partial charge in [0, 0.05) is 25.6 Å². The number of amides is 1. The van der Waals surface area contributed by atoms with Crippen molar-refractivity contribution in [2.75, 3.05) is 25.6 Å². The van der Waals surface area contributed by atoms with E-state index < -0.39 is 0 Å². The second-order valence-electron chi connectivity index (χ2n) is 5.54. The van der Waals surface area contributed by atoms with Crippen LogP contribution in [-0.4, -0.2) is 37.3 Å². The molecule has 0 saturated heterocycles. The molecule has 5 heteroatoms. The van der Waals surface area contributed by atoms with Crippen molar-refractivity contribution in [2.45, 2.75) is 25.4 Å². The summed E-state index contributed by atoms with van der Waals surface area (Å²) >= 11 is 0. The minimum atomic E-state index is 0.0840. The molecule has 1 aliphatic heterocycles. The van der Waals surface area contributed by atoms with Gasteiger partial charge in [-0.05, 0) is 36.1 Å². The van der Waals surface area contributed by atoms with E-state index in [1.54, 1.807) is 7.11 Å². The van der Waals surface area contributed by atoms with Gasteiger partial charge in [-0.1, -0.05) is 6.08 Å². The fourth-order valence-corrected chi connectivity index (χ4v) is 2.43. The van der Waals surface area contributed by atoms with Crippen LogP contribution >= 0.6 is 0 Å². The molecule has 2 aliphatic rings. The molecule has 0 bridgehead atoms. The SMILES string of the molecule is COCC1CC(c2ccc(NC(=O)C3CC3)nc2)=CCO1. The van der Waals surface area contributed by atoms with Gasteiger partial charge in [0.15, 0.2) is 0 Å². The highest BCUT2D eigenvalue weighted by atomic mass is 16.5. The molecular weight excluding hydrogens is 268 g/mol. The van der Waals surface area contributed by atoms with Gasteiger partial charge in [-0.25, -0.2) is 4.98 Å². The number of carbonyl (C=O) groups is 1. The Balaban J connectivity index is 1.63. The van der Waals surface area contributed by atoms with Crippen LogP contribution in [0.5, 0.6) is 0 Å². The van der Waals surface area contributed by atoms with Crippen LogP contribution in [0.3, 0.4) is 0 Å². The van der Waals surface area contributed by atoms with Crippen molar-refractivity contribution >= 4 is 17.3 Å². The number of methoxy groups -OCH3 is 1. The zero-order chi connectivity index (χ0) is 14.7. The first kappa shape index (κ1) is 14.2. The molecule has 112 valence electrons. The van der Waals surface area contributed by atoms with Crippen LogP contribution in [-0.2, 0) is 14.3 Å². The molecule has 1 unspecified atom stereocenters. The van der Waals surface area contributed by atoms with E-state index >= 15 is 0 Å². The van der Waals surface area contributed by atoms with Gasteiger partial charge in [0.2, 0.25) is 5.91 Å². The van der Waals surface area contributed by atoms with E-state index in [0.29, 0.717) is 19.0 Å². The summed E-state index contributed by atoms with van der Waals surface area (Å²) in [4.78, 5) is 16.0. The highest BCUT2D eigenvalue weighted by molar-refractivity contribution is 5.93. The largest absolute Gasteiger partial charge is 0.382 e. The van der Waals surface area contributed by atoms with Crippen LogP contribution in [0.2, 0.25) is 0 Å². The summed E-state index contributed by atoms with van der Waals surface area (Å²) in [6.45, 7) is 1.20. The Morgan fingerprint density at radius 3 is 3.00 bits per heavy atom. The molecule has 1 N–H and O–H groups in total. The van der Waals surface area contributed by atoms with Crippen molar-refractivity contribution in [3.05, 3.63) is 30.0 Å². The molecule has 5 nitrogen and oxygen atoms in total. The second-order valence-corrected chi connectivity index (χ2v) is 5.54. The maximum atomic E-state index is 11.7. The van der Waals surface area contributed by atoms with E-state index in [9.17, 15) is 4.79 Å². The second kappa shape index (κ2) is 6.37. The van der Waals surface area contributed by atoms with Gasteiger partial charge in [0.1, 0.15) is 5.82 Å². The normalized spacial score (nSPS) is 21.8. The minimum Gasteiger partial charge on any atom is -0.382 e. The lowest BCUT2D eigenvalue weighted by Crippen LogP contribution is -2.23. The number of hydrogen-bond acceptors (Lipinski definition) is 4. The third kappa shape index (κ3) is 3.68. The first-order valence-corrected chi connectivity index (χ1v) is 7.33. The Morgan fingerprint density at radius 1 is 1.48 bits per heavy atom. The van der Waals surface area contributed by atoms with Crippen molar-refractivity contribution < 1.29 is 14.3 Å². The number of hydrogen-bond donors (Lipinski definition) is 1. The van der Waals surface area contributed by atoms with E-state index in [1.165, 1.54) is 5.57 Å². The molecule has 3 rings (SSSR count). The lowest BCUT2D eigenvalue weighted by Gasteiger charge is -2.23. The Bertz CT molecular complexity index is 535. The summed E-state index contributed by atoms with van der Waals surface area (Å²) in [5, 5.41) is 2.85. The monoisotopic (exact) mass is 288 g/mol. The summed E-state index contributed by atoms with van der Waals surface area (Å²) in [7, 11) is 1.68. The molecule has 1 atom stereocenters. The van der Waals surface area contributed by atoms with Gasteiger partial charge in [-0.2, -0.15) is 0 Å². The number of rotatable bonds is 5. The summed E-state index contributed by atoms with van der Waals surface area (Å²) in [6.07, 6.45) is 6.80. The van der Waals surface area contributed by atoms with Gasteiger partial charge in [-0.15, -0.1) is 0 Å². The maximum Gasteiger partial charge on any atom is 0.228 e. The number of aromatic nitrogens is 1. The molecular formula is C16H20N2O3. The van der Waals surface area contributed by atoms with Crippen molar-refractivity contribution in [1.82, 2.24) is 4.98 Å². The molecule has 1 amide bonds. The number of carbonyl (C=O) groups excluding carboxylic acids is 1. The van der Waals surface area contributed by atoms with E-state index in [2.05, 4.69) is 16.4 Å². The minimum absolute atomic E-state index is 0.0840. The molecule has 1 aromatic heterocycles. The molecule has 1 fully saturated rings. The lowest BCUT2D eigenvalue weighted by molar-refractivity contribution is -0.117. The Labute approximate surface area is 124 Å². The lowest BCUT2D eigenvalue weighted by atomic mass is 9.99. The van der Waals surface area contributed by atoms with Crippen molar-refractivity contribution in [1.29, 1.82) is 0 Å². The summed E-state index contributed by atoms with van der Waals surface area (Å²) in [6, 6.07) is 3.85. The van der Waals surface area contributed by atoms with Crippen molar-refractivity contribution in [3.63, 3.8) is 0 Å².